The molecule has 0 amide bonds. The summed E-state index contributed by atoms with van der Waals surface area (Å²) in [6.45, 7) is 0. The van der Waals surface area contributed by atoms with Gasteiger partial charge in [-0.2, -0.15) is 16.7 Å². The molecule has 0 unspecified atom stereocenters. The number of hydrogen-bond acceptors (Lipinski definition) is 7. The fourth-order valence-corrected chi connectivity index (χ4v) is 2.18. The maximum Gasteiger partial charge on any atom is 0.243 e. The number of aromatic nitrogens is 2. The van der Waals surface area contributed by atoms with Crippen molar-refractivity contribution in [3.8, 4) is 22.9 Å². The molecule has 2 aromatic rings. The minimum atomic E-state index is -0.261. The van der Waals surface area contributed by atoms with E-state index in [1.165, 1.54) is 13.2 Å². The zero-order valence-electron chi connectivity index (χ0n) is 11.4. The minimum Gasteiger partial charge on any atom is -0.504 e. The SMILES string of the molecule is COc1cc(-c2noc([C@H](N)CCSC)n2)ccc1O. The fourth-order valence-electron chi connectivity index (χ4n) is 1.69. The number of hydrogen-bond donors (Lipinski definition) is 2. The van der Waals surface area contributed by atoms with E-state index in [-0.39, 0.29) is 11.8 Å². The highest BCUT2D eigenvalue weighted by atomic mass is 32.2. The van der Waals surface area contributed by atoms with Gasteiger partial charge in [0, 0.05) is 5.56 Å². The summed E-state index contributed by atoms with van der Waals surface area (Å²) >= 11 is 1.72. The Hall–Kier alpha value is -1.73. The number of aromatic hydroxyl groups is 1. The highest BCUT2D eigenvalue weighted by Crippen LogP contribution is 2.30. The van der Waals surface area contributed by atoms with Crippen LogP contribution in [0.5, 0.6) is 11.5 Å². The predicted octanol–water partition coefficient (Wildman–Crippen LogP) is 2.20. The Kier molecular flexibility index (Phi) is 4.86. The average molecular weight is 295 g/mol. The second kappa shape index (κ2) is 6.62. The van der Waals surface area contributed by atoms with Gasteiger partial charge in [-0.25, -0.2) is 0 Å². The van der Waals surface area contributed by atoms with Crippen molar-refractivity contribution in [2.45, 2.75) is 12.5 Å². The van der Waals surface area contributed by atoms with Crippen molar-refractivity contribution in [1.82, 2.24) is 10.1 Å². The minimum absolute atomic E-state index is 0.0663. The van der Waals surface area contributed by atoms with Gasteiger partial charge in [0.1, 0.15) is 0 Å². The topological polar surface area (TPSA) is 94.4 Å². The number of methoxy groups -OCH3 is 1. The van der Waals surface area contributed by atoms with Crippen LogP contribution < -0.4 is 10.5 Å². The van der Waals surface area contributed by atoms with Crippen LogP contribution in [0.4, 0.5) is 0 Å². The molecule has 1 aromatic heterocycles. The van der Waals surface area contributed by atoms with Crippen molar-refractivity contribution in [2.75, 3.05) is 19.1 Å². The van der Waals surface area contributed by atoms with Gasteiger partial charge >= 0.3 is 0 Å². The number of phenols is 1. The van der Waals surface area contributed by atoms with Crippen LogP contribution in [0.3, 0.4) is 0 Å². The molecule has 20 heavy (non-hydrogen) atoms. The highest BCUT2D eigenvalue weighted by molar-refractivity contribution is 7.98. The molecule has 0 bridgehead atoms. The molecule has 0 radical (unpaired) electrons. The molecule has 1 aromatic carbocycles. The van der Waals surface area contributed by atoms with Crippen LogP contribution >= 0.6 is 11.8 Å². The number of ether oxygens (including phenoxy) is 1. The predicted molar refractivity (Wildman–Crippen MR) is 77.9 cm³/mol. The summed E-state index contributed by atoms with van der Waals surface area (Å²) in [4.78, 5) is 4.29. The first-order chi connectivity index (χ1) is 9.65. The van der Waals surface area contributed by atoms with E-state index in [0.717, 1.165) is 12.2 Å². The van der Waals surface area contributed by atoms with E-state index in [1.807, 2.05) is 6.26 Å². The number of benzene rings is 1. The van der Waals surface area contributed by atoms with E-state index in [2.05, 4.69) is 10.1 Å². The molecule has 6 nitrogen and oxygen atoms in total. The van der Waals surface area contributed by atoms with Gasteiger partial charge in [0.2, 0.25) is 11.7 Å². The van der Waals surface area contributed by atoms with Crippen LogP contribution in [0.15, 0.2) is 22.7 Å². The summed E-state index contributed by atoms with van der Waals surface area (Å²) in [5, 5.41) is 13.5. The number of nitrogens with two attached hydrogens (primary N) is 1. The molecular weight excluding hydrogens is 278 g/mol. The van der Waals surface area contributed by atoms with Crippen molar-refractivity contribution in [2.24, 2.45) is 5.73 Å². The summed E-state index contributed by atoms with van der Waals surface area (Å²) < 4.78 is 10.2. The van der Waals surface area contributed by atoms with Crippen LogP contribution in [0.25, 0.3) is 11.4 Å². The first-order valence-corrected chi connectivity index (χ1v) is 7.50. The van der Waals surface area contributed by atoms with E-state index < -0.39 is 0 Å². The molecule has 1 heterocycles. The summed E-state index contributed by atoms with van der Waals surface area (Å²) in [6, 6.07) is 4.61. The third kappa shape index (κ3) is 3.23. The Morgan fingerprint density at radius 2 is 2.30 bits per heavy atom. The normalized spacial score (nSPS) is 12.3. The number of phenolic OH excluding ortho intramolecular Hbond substituents is 1. The third-order valence-corrected chi connectivity index (χ3v) is 3.47. The van der Waals surface area contributed by atoms with E-state index in [0.29, 0.717) is 23.0 Å². The zero-order valence-corrected chi connectivity index (χ0v) is 12.2. The molecule has 0 aliphatic rings. The second-order valence-electron chi connectivity index (χ2n) is 4.23. The molecular formula is C13H17N3O3S. The summed E-state index contributed by atoms with van der Waals surface area (Å²) in [6.07, 6.45) is 2.80. The second-order valence-corrected chi connectivity index (χ2v) is 5.22. The van der Waals surface area contributed by atoms with Crippen molar-refractivity contribution in [3.05, 3.63) is 24.1 Å². The van der Waals surface area contributed by atoms with Gasteiger partial charge in [0.05, 0.1) is 13.2 Å². The maximum absolute atomic E-state index is 9.56. The molecule has 108 valence electrons. The number of rotatable bonds is 6. The van der Waals surface area contributed by atoms with Crippen LogP contribution in [-0.4, -0.2) is 34.4 Å². The lowest BCUT2D eigenvalue weighted by molar-refractivity contribution is 0.353. The highest BCUT2D eigenvalue weighted by Gasteiger charge is 2.16. The lowest BCUT2D eigenvalue weighted by atomic mass is 10.2. The largest absolute Gasteiger partial charge is 0.504 e. The quantitative estimate of drug-likeness (QED) is 0.843. The van der Waals surface area contributed by atoms with Crippen molar-refractivity contribution in [3.63, 3.8) is 0 Å². The lowest BCUT2D eigenvalue weighted by Crippen LogP contribution is -2.11. The summed E-state index contributed by atoms with van der Waals surface area (Å²) in [5.41, 5.74) is 6.68. The van der Waals surface area contributed by atoms with Crippen molar-refractivity contribution >= 4 is 11.8 Å². The van der Waals surface area contributed by atoms with Crippen molar-refractivity contribution < 1.29 is 14.4 Å². The maximum atomic E-state index is 9.56. The Morgan fingerprint density at radius 3 is 3.00 bits per heavy atom. The van der Waals surface area contributed by atoms with Gasteiger partial charge in [0.25, 0.3) is 0 Å². The molecule has 1 atom stereocenters. The molecule has 7 heteroatoms. The smallest absolute Gasteiger partial charge is 0.243 e. The molecule has 0 spiro atoms. The molecule has 0 saturated heterocycles. The zero-order chi connectivity index (χ0) is 14.5. The monoisotopic (exact) mass is 295 g/mol. The Balaban J connectivity index is 2.20. The summed E-state index contributed by atoms with van der Waals surface area (Å²) in [7, 11) is 1.48. The van der Waals surface area contributed by atoms with Gasteiger partial charge in [-0.15, -0.1) is 0 Å². The molecule has 0 saturated carbocycles. The molecule has 0 aliphatic heterocycles. The Morgan fingerprint density at radius 1 is 1.50 bits per heavy atom. The van der Waals surface area contributed by atoms with Gasteiger partial charge in [0.15, 0.2) is 11.5 Å². The van der Waals surface area contributed by atoms with Crippen LogP contribution in [0.1, 0.15) is 18.4 Å². The van der Waals surface area contributed by atoms with Gasteiger partial charge in [-0.1, -0.05) is 5.16 Å². The van der Waals surface area contributed by atoms with Crippen LogP contribution in [0, 0.1) is 0 Å². The standard InChI is InChI=1S/C13H17N3O3S/c1-18-11-7-8(3-4-10(11)17)12-15-13(19-16-12)9(14)5-6-20-2/h3-4,7,9,17H,5-6,14H2,1-2H3/t9-/m1/s1. The van der Waals surface area contributed by atoms with E-state index in [4.69, 9.17) is 15.0 Å². The lowest BCUT2D eigenvalue weighted by Gasteiger charge is -2.04. The number of thioether (sulfide) groups is 1. The van der Waals surface area contributed by atoms with E-state index in [1.54, 1.807) is 23.9 Å². The van der Waals surface area contributed by atoms with Gasteiger partial charge in [-0.05, 0) is 36.6 Å². The van der Waals surface area contributed by atoms with Crippen LogP contribution in [0.2, 0.25) is 0 Å². The Bertz CT molecular complexity index is 574. The molecule has 3 N–H and O–H groups in total. The van der Waals surface area contributed by atoms with Crippen LogP contribution in [-0.2, 0) is 0 Å². The van der Waals surface area contributed by atoms with Gasteiger partial charge in [-0.3, -0.25) is 0 Å². The molecule has 0 fully saturated rings. The fraction of sp³-hybridized carbons (Fsp3) is 0.385. The van der Waals surface area contributed by atoms with Gasteiger partial charge < -0.3 is 20.1 Å². The number of nitrogens with zero attached hydrogens (tertiary/aromatic N) is 2. The summed E-state index contributed by atoms with van der Waals surface area (Å²) in [5.74, 6) is 2.21. The first kappa shape index (κ1) is 14.7. The third-order valence-electron chi connectivity index (χ3n) is 2.83. The Labute approximate surface area is 121 Å². The first-order valence-electron chi connectivity index (χ1n) is 6.11. The molecule has 2 rings (SSSR count). The van der Waals surface area contributed by atoms with E-state index >= 15 is 0 Å². The van der Waals surface area contributed by atoms with Crippen molar-refractivity contribution in [1.29, 1.82) is 0 Å². The molecule has 0 aliphatic carbocycles. The van der Waals surface area contributed by atoms with E-state index in [9.17, 15) is 5.11 Å². The average Bonchev–Trinajstić information content (AvgIpc) is 2.95.